The minimum Gasteiger partial charge on any atom is -0.439 e. The van der Waals surface area contributed by atoms with Crippen LogP contribution in [0.25, 0.3) is 0 Å². The summed E-state index contributed by atoms with van der Waals surface area (Å²) in [5, 5.41) is 6.20. The maximum absolute atomic E-state index is 13.1. The highest BCUT2D eigenvalue weighted by Crippen LogP contribution is 2.20. The van der Waals surface area contributed by atoms with E-state index in [4.69, 9.17) is 4.74 Å². The molecule has 0 spiro atoms. The molecule has 24 heavy (non-hydrogen) atoms. The first-order chi connectivity index (χ1) is 11.7. The minimum atomic E-state index is -0.358. The molecule has 5 nitrogen and oxygen atoms in total. The molecule has 1 aromatic heterocycles. The maximum atomic E-state index is 13.1. The van der Waals surface area contributed by atoms with Crippen LogP contribution in [0.3, 0.4) is 0 Å². The zero-order valence-electron chi connectivity index (χ0n) is 13.3. The quantitative estimate of drug-likeness (QED) is 0.855. The van der Waals surface area contributed by atoms with Gasteiger partial charge in [0, 0.05) is 37.3 Å². The molecule has 1 amide bonds. The lowest BCUT2D eigenvalue weighted by Crippen LogP contribution is -2.31. The van der Waals surface area contributed by atoms with E-state index >= 15 is 0 Å². The van der Waals surface area contributed by atoms with E-state index in [9.17, 15) is 9.18 Å². The summed E-state index contributed by atoms with van der Waals surface area (Å²) < 4.78 is 18.6. The fourth-order valence-corrected chi connectivity index (χ4v) is 2.65. The van der Waals surface area contributed by atoms with Gasteiger partial charge in [-0.1, -0.05) is 12.1 Å². The van der Waals surface area contributed by atoms with Gasteiger partial charge in [-0.25, -0.2) is 9.37 Å². The summed E-state index contributed by atoms with van der Waals surface area (Å²) >= 11 is 0. The van der Waals surface area contributed by atoms with E-state index in [1.807, 2.05) is 6.07 Å². The van der Waals surface area contributed by atoms with Crippen LogP contribution in [0.4, 0.5) is 4.39 Å². The normalized spacial score (nSPS) is 16.8. The zero-order valence-corrected chi connectivity index (χ0v) is 13.3. The molecular weight excluding hydrogens is 309 g/mol. The summed E-state index contributed by atoms with van der Waals surface area (Å²) in [5.74, 6) is 0.455. The van der Waals surface area contributed by atoms with Gasteiger partial charge in [0.05, 0.1) is 0 Å². The number of benzene rings is 1. The van der Waals surface area contributed by atoms with Crippen LogP contribution in [-0.4, -0.2) is 23.5 Å². The lowest BCUT2D eigenvalue weighted by Gasteiger charge is -2.10. The highest BCUT2D eigenvalue weighted by molar-refractivity contribution is 5.76. The van der Waals surface area contributed by atoms with E-state index in [1.165, 1.54) is 12.1 Å². The molecule has 6 heteroatoms. The van der Waals surface area contributed by atoms with Crippen molar-refractivity contribution in [2.75, 3.05) is 6.54 Å². The predicted molar refractivity (Wildman–Crippen MR) is 88.2 cm³/mol. The van der Waals surface area contributed by atoms with Crippen LogP contribution >= 0.6 is 0 Å². The van der Waals surface area contributed by atoms with Crippen LogP contribution in [0.2, 0.25) is 0 Å². The second-order valence-corrected chi connectivity index (χ2v) is 5.84. The summed E-state index contributed by atoms with van der Waals surface area (Å²) in [4.78, 5) is 16.1. The van der Waals surface area contributed by atoms with Crippen molar-refractivity contribution in [3.8, 4) is 11.6 Å². The van der Waals surface area contributed by atoms with Gasteiger partial charge in [-0.3, -0.25) is 4.79 Å². The van der Waals surface area contributed by atoms with Gasteiger partial charge in [-0.2, -0.15) is 0 Å². The van der Waals surface area contributed by atoms with Crippen LogP contribution in [0.5, 0.6) is 11.6 Å². The largest absolute Gasteiger partial charge is 0.439 e. The molecule has 0 radical (unpaired) electrons. The number of carbonyl (C=O) groups is 1. The van der Waals surface area contributed by atoms with E-state index in [2.05, 4.69) is 15.6 Å². The molecule has 3 rings (SSSR count). The second-order valence-electron chi connectivity index (χ2n) is 5.84. The molecule has 1 fully saturated rings. The Labute approximate surface area is 140 Å². The van der Waals surface area contributed by atoms with Gasteiger partial charge < -0.3 is 15.4 Å². The number of pyridine rings is 1. The van der Waals surface area contributed by atoms with E-state index in [0.29, 0.717) is 30.6 Å². The van der Waals surface area contributed by atoms with Crippen LogP contribution in [0.15, 0.2) is 42.6 Å². The summed E-state index contributed by atoms with van der Waals surface area (Å²) in [5.41, 5.74) is 0.884. The smallest absolute Gasteiger partial charge is 0.221 e. The lowest BCUT2D eigenvalue weighted by atomic mass is 10.1. The average molecular weight is 329 g/mol. The van der Waals surface area contributed by atoms with Gasteiger partial charge in [-0.15, -0.1) is 0 Å². The Balaban J connectivity index is 1.48. The molecule has 126 valence electrons. The topological polar surface area (TPSA) is 63.2 Å². The lowest BCUT2D eigenvalue weighted by molar-refractivity contribution is -0.121. The molecule has 1 saturated heterocycles. The molecule has 0 saturated carbocycles. The number of hydrogen-bond donors (Lipinski definition) is 2. The molecule has 1 atom stereocenters. The monoisotopic (exact) mass is 329 g/mol. The highest BCUT2D eigenvalue weighted by atomic mass is 19.1. The second kappa shape index (κ2) is 7.88. The number of carbonyl (C=O) groups excluding carboxylic acids is 1. The minimum absolute atomic E-state index is 0.0366. The first-order valence-electron chi connectivity index (χ1n) is 8.07. The fourth-order valence-electron chi connectivity index (χ4n) is 2.65. The average Bonchev–Trinajstić information content (AvgIpc) is 3.07. The first-order valence-corrected chi connectivity index (χ1v) is 8.07. The fraction of sp³-hybridized carbons (Fsp3) is 0.333. The molecule has 0 aliphatic carbocycles. The van der Waals surface area contributed by atoms with Gasteiger partial charge in [0.2, 0.25) is 11.8 Å². The van der Waals surface area contributed by atoms with Crippen LogP contribution in [-0.2, 0) is 11.3 Å². The number of ether oxygens (including phenoxy) is 1. The summed E-state index contributed by atoms with van der Waals surface area (Å²) in [6.07, 6.45) is 4.34. The van der Waals surface area contributed by atoms with Crippen molar-refractivity contribution in [1.82, 2.24) is 15.6 Å². The molecular formula is C18H20FN3O2. The standard InChI is InChI=1S/C18H20FN3O2/c19-14-3-1-5-16(9-14)24-18-7-6-13(12-22-18)11-21-17(23)10-15-4-2-8-20-15/h1,3,5-7,9,12,15,20H,2,4,8,10-11H2,(H,21,23). The Morgan fingerprint density at radius 2 is 2.29 bits per heavy atom. The molecule has 2 N–H and O–H groups in total. The van der Waals surface area contributed by atoms with Crippen molar-refractivity contribution in [3.05, 3.63) is 54.0 Å². The van der Waals surface area contributed by atoms with Crippen molar-refractivity contribution in [2.24, 2.45) is 0 Å². The Morgan fingerprint density at radius 1 is 1.38 bits per heavy atom. The molecule has 1 aliphatic rings. The van der Waals surface area contributed by atoms with Gasteiger partial charge in [-0.05, 0) is 37.1 Å². The first kappa shape index (κ1) is 16.4. The third kappa shape index (κ3) is 4.76. The van der Waals surface area contributed by atoms with Crippen LogP contribution in [0, 0.1) is 5.82 Å². The van der Waals surface area contributed by atoms with Crippen molar-refractivity contribution >= 4 is 5.91 Å². The number of halogens is 1. The Morgan fingerprint density at radius 3 is 3.00 bits per heavy atom. The summed E-state index contributed by atoms with van der Waals surface area (Å²) in [7, 11) is 0. The number of amides is 1. The summed E-state index contributed by atoms with van der Waals surface area (Å²) in [6, 6.07) is 9.72. The molecule has 2 aromatic rings. The molecule has 0 bridgehead atoms. The van der Waals surface area contributed by atoms with E-state index in [0.717, 1.165) is 24.9 Å². The molecule has 1 aliphatic heterocycles. The van der Waals surface area contributed by atoms with E-state index in [1.54, 1.807) is 24.4 Å². The molecule has 1 aromatic carbocycles. The third-order valence-corrected chi connectivity index (χ3v) is 3.90. The number of rotatable bonds is 6. The van der Waals surface area contributed by atoms with Crippen molar-refractivity contribution in [1.29, 1.82) is 0 Å². The van der Waals surface area contributed by atoms with Gasteiger partial charge in [0.1, 0.15) is 11.6 Å². The zero-order chi connectivity index (χ0) is 16.8. The third-order valence-electron chi connectivity index (χ3n) is 3.90. The van der Waals surface area contributed by atoms with E-state index < -0.39 is 0 Å². The predicted octanol–water partition coefficient (Wildman–Crippen LogP) is 2.77. The number of nitrogens with one attached hydrogen (secondary N) is 2. The number of hydrogen-bond acceptors (Lipinski definition) is 4. The Bertz CT molecular complexity index is 685. The van der Waals surface area contributed by atoms with Gasteiger partial charge >= 0.3 is 0 Å². The van der Waals surface area contributed by atoms with Gasteiger partial charge in [0.25, 0.3) is 0 Å². The Hall–Kier alpha value is -2.47. The van der Waals surface area contributed by atoms with Crippen molar-refractivity contribution < 1.29 is 13.9 Å². The van der Waals surface area contributed by atoms with Crippen molar-refractivity contribution in [3.63, 3.8) is 0 Å². The van der Waals surface area contributed by atoms with Gasteiger partial charge in [0.15, 0.2) is 0 Å². The maximum Gasteiger partial charge on any atom is 0.221 e. The molecule has 2 heterocycles. The SMILES string of the molecule is O=C(CC1CCCN1)NCc1ccc(Oc2cccc(F)c2)nc1. The van der Waals surface area contributed by atoms with Crippen molar-refractivity contribution in [2.45, 2.75) is 31.8 Å². The van der Waals surface area contributed by atoms with Crippen LogP contribution < -0.4 is 15.4 Å². The Kier molecular flexibility index (Phi) is 5.38. The highest BCUT2D eigenvalue weighted by Gasteiger charge is 2.17. The van der Waals surface area contributed by atoms with E-state index in [-0.39, 0.29) is 11.7 Å². The number of nitrogens with zero attached hydrogens (tertiary/aromatic N) is 1. The molecule has 1 unspecified atom stereocenters. The summed E-state index contributed by atoms with van der Waals surface area (Å²) in [6.45, 7) is 1.42. The van der Waals surface area contributed by atoms with Crippen LogP contribution in [0.1, 0.15) is 24.8 Å². The number of aromatic nitrogens is 1.